The van der Waals surface area contributed by atoms with Crippen LogP contribution in [0.5, 0.6) is 0 Å². The number of nitrogens with one attached hydrogen (secondary N) is 1. The predicted octanol–water partition coefficient (Wildman–Crippen LogP) is 2.95. The number of hydroxylamine groups is 2. The molecule has 4 aliphatic rings. The van der Waals surface area contributed by atoms with Gasteiger partial charge in [-0.15, -0.1) is 0 Å². The van der Waals surface area contributed by atoms with Crippen molar-refractivity contribution in [3.63, 3.8) is 0 Å². The van der Waals surface area contributed by atoms with Crippen molar-refractivity contribution in [2.45, 2.75) is 71.4 Å². The summed E-state index contributed by atoms with van der Waals surface area (Å²) in [5.74, 6) is 1.12. The Morgan fingerprint density at radius 1 is 1.39 bits per heavy atom. The van der Waals surface area contributed by atoms with Gasteiger partial charge < -0.3 is 15.5 Å². The minimum Gasteiger partial charge on any atom is -0.394 e. The number of carbonyl (C=O) groups excluding carboxylic acids is 1. The minimum atomic E-state index is -0.773. The predicted molar refractivity (Wildman–Crippen MR) is 127 cm³/mol. The first-order valence-electron chi connectivity index (χ1n) is 11.4. The first-order valence-corrected chi connectivity index (χ1v) is 12.5. The van der Waals surface area contributed by atoms with Crippen LogP contribution >= 0.6 is 22.6 Å². The van der Waals surface area contributed by atoms with Gasteiger partial charge in [-0.2, -0.15) is 5.06 Å². The first kappa shape index (κ1) is 23.4. The van der Waals surface area contributed by atoms with E-state index < -0.39 is 24.2 Å². The van der Waals surface area contributed by atoms with Crippen molar-refractivity contribution in [3.8, 4) is 0 Å². The Hall–Kier alpha value is -0.740. The Morgan fingerprint density at radius 3 is 2.71 bits per heavy atom. The summed E-state index contributed by atoms with van der Waals surface area (Å²) in [5.41, 5.74) is 1.39. The highest BCUT2D eigenvalue weighted by molar-refractivity contribution is 14.1. The number of nitrogens with zero attached hydrogens (tertiary/aromatic N) is 1. The first-order chi connectivity index (χ1) is 14.6. The molecule has 7 heteroatoms. The van der Waals surface area contributed by atoms with E-state index in [1.807, 2.05) is 18.2 Å². The fourth-order valence-corrected chi connectivity index (χ4v) is 6.91. The molecule has 1 amide bonds. The Kier molecular flexibility index (Phi) is 6.72. The van der Waals surface area contributed by atoms with Crippen LogP contribution in [0.15, 0.2) is 24.3 Å². The summed E-state index contributed by atoms with van der Waals surface area (Å²) in [5, 5.41) is 25.3. The van der Waals surface area contributed by atoms with Crippen LogP contribution in [0.3, 0.4) is 0 Å². The number of hydrogen-bond donors (Lipinski definition) is 3. The third-order valence-corrected chi connectivity index (χ3v) is 8.96. The molecule has 1 heterocycles. The molecule has 0 spiro atoms. The van der Waals surface area contributed by atoms with Gasteiger partial charge in [0.15, 0.2) is 0 Å². The van der Waals surface area contributed by atoms with Crippen molar-refractivity contribution in [2.75, 3.05) is 6.61 Å². The summed E-state index contributed by atoms with van der Waals surface area (Å²) in [7, 11) is 0. The number of fused-ring (bicyclic) bond motifs is 2. The summed E-state index contributed by atoms with van der Waals surface area (Å²) in [6.45, 7) is 8.82. The lowest BCUT2D eigenvalue weighted by atomic mass is 9.45. The Balaban J connectivity index is 1.53. The molecule has 5 rings (SSSR count). The molecule has 2 bridgehead atoms. The molecule has 6 nitrogen and oxygen atoms in total. The fourth-order valence-electron chi connectivity index (χ4n) is 6.30. The topological polar surface area (TPSA) is 82.0 Å². The second kappa shape index (κ2) is 8.89. The lowest BCUT2D eigenvalue weighted by Gasteiger charge is -2.62. The zero-order valence-electron chi connectivity index (χ0n) is 18.8. The van der Waals surface area contributed by atoms with Gasteiger partial charge in [0, 0.05) is 15.5 Å². The Labute approximate surface area is 198 Å². The average molecular weight is 542 g/mol. The van der Waals surface area contributed by atoms with Crippen LogP contribution in [0, 0.1) is 32.7 Å². The van der Waals surface area contributed by atoms with Crippen LogP contribution in [0.25, 0.3) is 0 Å². The van der Waals surface area contributed by atoms with Gasteiger partial charge in [-0.3, -0.25) is 9.63 Å². The van der Waals surface area contributed by atoms with E-state index in [4.69, 9.17) is 4.84 Å². The summed E-state index contributed by atoms with van der Waals surface area (Å²) in [6, 6.07) is 7.56. The molecule has 1 saturated heterocycles. The minimum absolute atomic E-state index is 0.108. The standard InChI is InChI=1S/C24H35IN2O4/c1-13-18-9-16(24(18,3)4)10-19(13)26-23(30)22-21(14(2)29)20(12-28)31-27(22)11-15-6-5-7-17(25)8-15/h5-8,13-14,16,18-22,28-29H,9-12H2,1-4H3,(H,26,30)/t13?,14?,16-,18+,19-,20?,21+,22-/m0/s1. The zero-order chi connectivity index (χ0) is 22.5. The summed E-state index contributed by atoms with van der Waals surface area (Å²) in [4.78, 5) is 19.6. The van der Waals surface area contributed by atoms with E-state index in [0.717, 1.165) is 15.6 Å². The number of amides is 1. The van der Waals surface area contributed by atoms with Crippen molar-refractivity contribution >= 4 is 28.5 Å². The van der Waals surface area contributed by atoms with E-state index in [9.17, 15) is 15.0 Å². The van der Waals surface area contributed by atoms with Crippen LogP contribution in [-0.4, -0.2) is 52.1 Å². The van der Waals surface area contributed by atoms with Gasteiger partial charge in [0.1, 0.15) is 12.1 Å². The van der Waals surface area contributed by atoms with Crippen LogP contribution in [-0.2, 0) is 16.2 Å². The highest BCUT2D eigenvalue weighted by atomic mass is 127. The number of carbonyl (C=O) groups is 1. The van der Waals surface area contributed by atoms with Crippen molar-refractivity contribution in [2.24, 2.45) is 29.1 Å². The van der Waals surface area contributed by atoms with Crippen molar-refractivity contribution in [1.82, 2.24) is 10.4 Å². The third kappa shape index (κ3) is 4.28. The molecule has 3 aliphatic carbocycles. The highest BCUT2D eigenvalue weighted by Gasteiger charge is 2.57. The number of benzene rings is 1. The molecule has 3 saturated carbocycles. The van der Waals surface area contributed by atoms with Crippen LogP contribution in [0.4, 0.5) is 0 Å². The van der Waals surface area contributed by atoms with Crippen LogP contribution in [0.1, 0.15) is 46.1 Å². The van der Waals surface area contributed by atoms with E-state index in [1.165, 1.54) is 6.42 Å². The monoisotopic (exact) mass is 542 g/mol. The molecule has 8 atom stereocenters. The van der Waals surface area contributed by atoms with Crippen molar-refractivity contribution in [3.05, 3.63) is 33.4 Å². The smallest absolute Gasteiger partial charge is 0.240 e. The molecule has 3 N–H and O–H groups in total. The largest absolute Gasteiger partial charge is 0.394 e. The van der Waals surface area contributed by atoms with E-state index >= 15 is 0 Å². The lowest BCUT2D eigenvalue weighted by molar-refractivity contribution is -0.183. The average Bonchev–Trinajstić information content (AvgIpc) is 3.07. The molecule has 3 unspecified atom stereocenters. The van der Waals surface area contributed by atoms with Crippen molar-refractivity contribution in [1.29, 1.82) is 0 Å². The summed E-state index contributed by atoms with van der Waals surface area (Å²) < 4.78 is 1.11. The van der Waals surface area contributed by atoms with E-state index in [1.54, 1.807) is 12.0 Å². The maximum atomic E-state index is 13.6. The molecule has 1 aliphatic heterocycles. The zero-order valence-corrected chi connectivity index (χ0v) is 21.0. The van der Waals surface area contributed by atoms with Crippen LogP contribution < -0.4 is 5.32 Å². The third-order valence-electron chi connectivity index (χ3n) is 8.29. The number of hydrogen-bond acceptors (Lipinski definition) is 5. The SMILES string of the molecule is CC(O)[C@@H]1C(CO)ON(Cc2cccc(I)c2)[C@@H]1C(=O)N[C@H]1C[C@@H]2C[C@H](C1C)C2(C)C. The van der Waals surface area contributed by atoms with Gasteiger partial charge in [0.05, 0.1) is 19.3 Å². The molecule has 0 aromatic heterocycles. The van der Waals surface area contributed by atoms with Gasteiger partial charge in [-0.1, -0.05) is 32.9 Å². The molecule has 31 heavy (non-hydrogen) atoms. The molecule has 4 fully saturated rings. The Bertz CT molecular complexity index is 817. The maximum Gasteiger partial charge on any atom is 0.240 e. The molecular formula is C24H35IN2O4. The molecule has 172 valence electrons. The van der Waals surface area contributed by atoms with E-state index in [2.05, 4.69) is 54.7 Å². The van der Waals surface area contributed by atoms with Gasteiger partial charge in [0.25, 0.3) is 0 Å². The normalized spacial score (nSPS) is 37.8. The maximum absolute atomic E-state index is 13.6. The number of halogens is 1. The second-order valence-corrected chi connectivity index (χ2v) is 11.6. The van der Waals surface area contributed by atoms with Gasteiger partial charge in [-0.05, 0) is 83.2 Å². The lowest BCUT2D eigenvalue weighted by Crippen LogP contribution is -2.62. The molecule has 0 radical (unpaired) electrons. The number of rotatable bonds is 6. The van der Waals surface area contributed by atoms with E-state index in [-0.39, 0.29) is 18.6 Å². The number of aliphatic hydroxyl groups excluding tert-OH is 2. The second-order valence-electron chi connectivity index (χ2n) is 10.4. The van der Waals surface area contributed by atoms with Gasteiger partial charge in [-0.25, -0.2) is 0 Å². The quantitative estimate of drug-likeness (QED) is 0.482. The molecule has 1 aromatic carbocycles. The van der Waals surface area contributed by atoms with Gasteiger partial charge in [0.2, 0.25) is 5.91 Å². The fraction of sp³-hybridized carbons (Fsp3) is 0.708. The molecular weight excluding hydrogens is 507 g/mol. The van der Waals surface area contributed by atoms with Crippen molar-refractivity contribution < 1.29 is 19.8 Å². The summed E-state index contributed by atoms with van der Waals surface area (Å²) >= 11 is 2.27. The summed E-state index contributed by atoms with van der Waals surface area (Å²) in [6.07, 6.45) is 0.887. The molecule has 1 aromatic rings. The Morgan fingerprint density at radius 2 is 2.13 bits per heavy atom. The van der Waals surface area contributed by atoms with E-state index in [0.29, 0.717) is 29.7 Å². The number of aliphatic hydroxyl groups is 2. The van der Waals surface area contributed by atoms with Gasteiger partial charge >= 0.3 is 0 Å². The van der Waals surface area contributed by atoms with Crippen LogP contribution in [0.2, 0.25) is 0 Å². The highest BCUT2D eigenvalue weighted by Crippen LogP contribution is 2.61.